The van der Waals surface area contributed by atoms with Crippen LogP contribution in [-0.2, 0) is 0 Å². The Labute approximate surface area is 167 Å². The summed E-state index contributed by atoms with van der Waals surface area (Å²) in [5, 5.41) is 7.58. The second kappa shape index (κ2) is 6.66. The van der Waals surface area contributed by atoms with Gasteiger partial charge >= 0.3 is 0 Å². The average Bonchev–Trinajstić information content (AvgIpc) is 3.14. The quantitative estimate of drug-likeness (QED) is 0.388. The molecule has 2 heterocycles. The molecule has 5 rings (SSSR count). The summed E-state index contributed by atoms with van der Waals surface area (Å²) in [6.45, 7) is 0. The number of pyridine rings is 1. The number of nitrogens with zero attached hydrogens (tertiary/aromatic N) is 3. The monoisotopic (exact) mass is 385 g/mol. The van der Waals surface area contributed by atoms with Gasteiger partial charge in [-0.3, -0.25) is 4.98 Å². The first-order valence-corrected chi connectivity index (χ1v) is 9.29. The van der Waals surface area contributed by atoms with Crippen molar-refractivity contribution in [2.24, 2.45) is 0 Å². The summed E-state index contributed by atoms with van der Waals surface area (Å²) in [5.41, 5.74) is 4.74. The number of methoxy groups -OCH3 is 1. The highest BCUT2D eigenvalue weighted by Crippen LogP contribution is 2.35. The van der Waals surface area contributed by atoms with E-state index in [1.165, 1.54) is 0 Å². The van der Waals surface area contributed by atoms with E-state index in [1.807, 2.05) is 83.7 Å². The molecule has 2 aromatic heterocycles. The van der Waals surface area contributed by atoms with Crippen LogP contribution in [0.25, 0.3) is 38.8 Å². The summed E-state index contributed by atoms with van der Waals surface area (Å²) < 4.78 is 7.25. The standard InChI is InChI=1S/C23H16ClN3O/c1-28-18-10-7-15(8-11-18)22-20-14-25-21-12-9-16(24)13-19(21)23(20)27(26-22)17-5-3-2-4-6-17/h2-14H,1H3. The van der Waals surface area contributed by atoms with E-state index < -0.39 is 0 Å². The molecule has 0 radical (unpaired) electrons. The molecular formula is C23H16ClN3O. The predicted octanol–water partition coefficient (Wildman–Crippen LogP) is 5.90. The van der Waals surface area contributed by atoms with Gasteiger partial charge in [0.2, 0.25) is 0 Å². The Kier molecular flexibility index (Phi) is 3.99. The number of halogens is 1. The number of hydrogen-bond acceptors (Lipinski definition) is 3. The van der Waals surface area contributed by atoms with E-state index in [0.29, 0.717) is 5.02 Å². The van der Waals surface area contributed by atoms with Crippen LogP contribution >= 0.6 is 11.6 Å². The Bertz CT molecular complexity index is 1290. The van der Waals surface area contributed by atoms with Gasteiger partial charge in [-0.2, -0.15) is 5.10 Å². The number of para-hydroxylation sites is 1. The van der Waals surface area contributed by atoms with Crippen molar-refractivity contribution in [2.45, 2.75) is 0 Å². The van der Waals surface area contributed by atoms with Crippen molar-refractivity contribution < 1.29 is 4.74 Å². The summed E-state index contributed by atoms with van der Waals surface area (Å²) in [7, 11) is 1.66. The summed E-state index contributed by atoms with van der Waals surface area (Å²) in [6.07, 6.45) is 1.89. The molecule has 4 nitrogen and oxygen atoms in total. The molecule has 0 amide bonds. The zero-order valence-corrected chi connectivity index (χ0v) is 15.9. The molecule has 0 fully saturated rings. The minimum Gasteiger partial charge on any atom is -0.497 e. The van der Waals surface area contributed by atoms with E-state index in [0.717, 1.165) is 44.5 Å². The minimum atomic E-state index is 0.675. The largest absolute Gasteiger partial charge is 0.497 e. The Morgan fingerprint density at radius 3 is 2.43 bits per heavy atom. The van der Waals surface area contributed by atoms with Crippen LogP contribution in [0.5, 0.6) is 5.75 Å². The zero-order chi connectivity index (χ0) is 19.1. The smallest absolute Gasteiger partial charge is 0.118 e. The summed E-state index contributed by atoms with van der Waals surface area (Å²) in [4.78, 5) is 4.64. The van der Waals surface area contributed by atoms with Crippen LogP contribution in [0.1, 0.15) is 0 Å². The molecule has 3 aromatic carbocycles. The molecule has 0 aliphatic carbocycles. The van der Waals surface area contributed by atoms with Gasteiger partial charge in [-0.25, -0.2) is 4.68 Å². The molecule has 0 N–H and O–H groups in total. The van der Waals surface area contributed by atoms with Gasteiger partial charge in [0.1, 0.15) is 11.4 Å². The van der Waals surface area contributed by atoms with Gasteiger partial charge in [-0.15, -0.1) is 0 Å². The van der Waals surface area contributed by atoms with Crippen LogP contribution in [0.3, 0.4) is 0 Å². The van der Waals surface area contributed by atoms with E-state index in [2.05, 4.69) is 4.98 Å². The maximum atomic E-state index is 6.30. The fourth-order valence-corrected chi connectivity index (χ4v) is 3.65. The molecule has 136 valence electrons. The number of aromatic nitrogens is 3. The molecule has 0 aliphatic rings. The first-order valence-electron chi connectivity index (χ1n) is 8.91. The van der Waals surface area contributed by atoms with E-state index >= 15 is 0 Å². The molecule has 0 atom stereocenters. The molecule has 0 unspecified atom stereocenters. The van der Waals surface area contributed by atoms with Gasteiger partial charge in [0.05, 0.1) is 23.8 Å². The van der Waals surface area contributed by atoms with Gasteiger partial charge in [-0.1, -0.05) is 29.8 Å². The lowest BCUT2D eigenvalue weighted by Gasteiger charge is -2.06. The first-order chi connectivity index (χ1) is 13.7. The van der Waals surface area contributed by atoms with Gasteiger partial charge in [0, 0.05) is 27.6 Å². The van der Waals surface area contributed by atoms with Gasteiger partial charge in [0.15, 0.2) is 0 Å². The Hall–Kier alpha value is -3.37. The highest BCUT2D eigenvalue weighted by atomic mass is 35.5. The van der Waals surface area contributed by atoms with Crippen molar-refractivity contribution in [1.82, 2.24) is 14.8 Å². The lowest BCUT2D eigenvalue weighted by atomic mass is 10.1. The lowest BCUT2D eigenvalue weighted by molar-refractivity contribution is 0.415. The third-order valence-electron chi connectivity index (χ3n) is 4.83. The number of benzene rings is 3. The third-order valence-corrected chi connectivity index (χ3v) is 5.07. The molecule has 5 heteroatoms. The van der Waals surface area contributed by atoms with Crippen molar-refractivity contribution in [3.63, 3.8) is 0 Å². The molecular weight excluding hydrogens is 370 g/mol. The maximum Gasteiger partial charge on any atom is 0.118 e. The van der Waals surface area contributed by atoms with Crippen molar-refractivity contribution in [3.05, 3.63) is 84.0 Å². The molecule has 0 saturated carbocycles. The molecule has 0 spiro atoms. The van der Waals surface area contributed by atoms with Crippen LogP contribution in [0.15, 0.2) is 79.0 Å². The fraction of sp³-hybridized carbons (Fsp3) is 0.0435. The van der Waals surface area contributed by atoms with E-state index in [-0.39, 0.29) is 0 Å². The second-order valence-corrected chi connectivity index (χ2v) is 6.94. The molecule has 0 saturated heterocycles. The summed E-state index contributed by atoms with van der Waals surface area (Å²) >= 11 is 6.30. The topological polar surface area (TPSA) is 39.9 Å². The SMILES string of the molecule is COc1ccc(-c2nn(-c3ccccc3)c3c2cnc2ccc(Cl)cc23)cc1. The Morgan fingerprint density at radius 2 is 1.68 bits per heavy atom. The van der Waals surface area contributed by atoms with Gasteiger partial charge < -0.3 is 4.74 Å². The summed E-state index contributed by atoms with van der Waals surface area (Å²) in [6, 6.07) is 23.7. The number of ether oxygens (including phenoxy) is 1. The first kappa shape index (κ1) is 16.8. The van der Waals surface area contributed by atoms with Crippen molar-refractivity contribution in [1.29, 1.82) is 0 Å². The second-order valence-electron chi connectivity index (χ2n) is 6.51. The van der Waals surface area contributed by atoms with E-state index in [4.69, 9.17) is 21.4 Å². The van der Waals surface area contributed by atoms with Crippen molar-refractivity contribution in [2.75, 3.05) is 7.11 Å². The molecule has 28 heavy (non-hydrogen) atoms. The van der Waals surface area contributed by atoms with Crippen LogP contribution in [0, 0.1) is 0 Å². The van der Waals surface area contributed by atoms with E-state index in [9.17, 15) is 0 Å². The van der Waals surface area contributed by atoms with Crippen LogP contribution in [0.2, 0.25) is 5.02 Å². The van der Waals surface area contributed by atoms with E-state index in [1.54, 1.807) is 7.11 Å². The van der Waals surface area contributed by atoms with Gasteiger partial charge in [-0.05, 0) is 54.6 Å². The Morgan fingerprint density at radius 1 is 0.893 bits per heavy atom. The molecule has 5 aromatic rings. The molecule has 0 bridgehead atoms. The average molecular weight is 386 g/mol. The van der Waals surface area contributed by atoms with Crippen molar-refractivity contribution >= 4 is 33.4 Å². The highest BCUT2D eigenvalue weighted by molar-refractivity contribution is 6.31. The van der Waals surface area contributed by atoms with Gasteiger partial charge in [0.25, 0.3) is 0 Å². The Balaban J connectivity index is 1.87. The maximum absolute atomic E-state index is 6.30. The molecule has 0 aliphatic heterocycles. The van der Waals surface area contributed by atoms with Crippen LogP contribution in [0.4, 0.5) is 0 Å². The van der Waals surface area contributed by atoms with Crippen molar-refractivity contribution in [3.8, 4) is 22.7 Å². The number of fused-ring (bicyclic) bond motifs is 3. The zero-order valence-electron chi connectivity index (χ0n) is 15.1. The van der Waals surface area contributed by atoms with Crippen LogP contribution < -0.4 is 4.74 Å². The van der Waals surface area contributed by atoms with Crippen LogP contribution in [-0.4, -0.2) is 21.9 Å². The lowest BCUT2D eigenvalue weighted by Crippen LogP contribution is -1.96. The number of rotatable bonds is 3. The minimum absolute atomic E-state index is 0.675. The predicted molar refractivity (Wildman–Crippen MR) is 113 cm³/mol. The normalized spacial score (nSPS) is 11.2. The fourth-order valence-electron chi connectivity index (χ4n) is 3.47. The highest BCUT2D eigenvalue weighted by Gasteiger charge is 2.17. The number of hydrogen-bond donors (Lipinski definition) is 0. The summed E-state index contributed by atoms with van der Waals surface area (Å²) in [5.74, 6) is 0.811. The third kappa shape index (κ3) is 2.70.